The number of aromatic nitrogens is 1. The van der Waals surface area contributed by atoms with Crippen LogP contribution in [0.5, 0.6) is 0 Å². The first-order valence-corrected chi connectivity index (χ1v) is 9.97. The highest BCUT2D eigenvalue weighted by Crippen LogP contribution is 2.31. The fourth-order valence-corrected chi connectivity index (χ4v) is 3.92. The lowest BCUT2D eigenvalue weighted by molar-refractivity contribution is -0.161. The molecule has 0 bridgehead atoms. The van der Waals surface area contributed by atoms with Crippen molar-refractivity contribution >= 4 is 29.0 Å². The van der Waals surface area contributed by atoms with Crippen LogP contribution in [0.15, 0.2) is 29.8 Å². The Morgan fingerprint density at radius 2 is 2.14 bits per heavy atom. The van der Waals surface area contributed by atoms with Gasteiger partial charge in [0, 0.05) is 17.1 Å². The Morgan fingerprint density at radius 3 is 2.75 bits per heavy atom. The summed E-state index contributed by atoms with van der Waals surface area (Å²) in [6, 6.07) is 6.45. The monoisotopic (exact) mass is 404 g/mol. The van der Waals surface area contributed by atoms with Crippen LogP contribution in [0.4, 0.5) is 10.5 Å². The summed E-state index contributed by atoms with van der Waals surface area (Å²) in [6.07, 6.45) is -0.450. The van der Waals surface area contributed by atoms with Gasteiger partial charge in [-0.15, -0.1) is 11.3 Å². The molecule has 3 N–H and O–H groups in total. The van der Waals surface area contributed by atoms with E-state index in [1.54, 1.807) is 22.5 Å². The van der Waals surface area contributed by atoms with Crippen LogP contribution in [0.2, 0.25) is 0 Å². The standard InChI is InChI=1S/C19H24N4O4S/c1-3-20-19(26)22-14-6-4-13(5-7-14)18-15(9-24)23(17(25)10-27-18)8-16-12(2)21-11-28-16/h4-7,11,15,18,24H,3,8-10H2,1-2H3,(H2,20,22,26)/t15-,18-/m1/s1. The van der Waals surface area contributed by atoms with E-state index in [1.165, 1.54) is 11.3 Å². The van der Waals surface area contributed by atoms with Crippen molar-refractivity contribution in [3.8, 4) is 0 Å². The molecule has 3 amide bonds. The first-order chi connectivity index (χ1) is 13.5. The lowest BCUT2D eigenvalue weighted by Gasteiger charge is -2.40. The average molecular weight is 404 g/mol. The summed E-state index contributed by atoms with van der Waals surface area (Å²) in [5.74, 6) is -0.155. The lowest BCUT2D eigenvalue weighted by Crippen LogP contribution is -2.52. The van der Waals surface area contributed by atoms with Crippen LogP contribution in [-0.2, 0) is 16.1 Å². The zero-order chi connectivity index (χ0) is 20.1. The van der Waals surface area contributed by atoms with Gasteiger partial charge in [0.25, 0.3) is 0 Å². The number of amides is 3. The number of hydrogen-bond acceptors (Lipinski definition) is 6. The average Bonchev–Trinajstić information content (AvgIpc) is 3.09. The third kappa shape index (κ3) is 4.49. The molecule has 3 rings (SSSR count). The highest BCUT2D eigenvalue weighted by Gasteiger charge is 2.37. The van der Waals surface area contributed by atoms with E-state index >= 15 is 0 Å². The number of rotatable bonds is 6. The quantitative estimate of drug-likeness (QED) is 0.684. The van der Waals surface area contributed by atoms with Crippen LogP contribution in [0.1, 0.15) is 29.2 Å². The van der Waals surface area contributed by atoms with Gasteiger partial charge in [0.05, 0.1) is 30.4 Å². The minimum absolute atomic E-state index is 0.0437. The number of aliphatic hydroxyl groups is 1. The van der Waals surface area contributed by atoms with Gasteiger partial charge in [-0.1, -0.05) is 12.1 Å². The molecule has 8 nitrogen and oxygen atoms in total. The minimum Gasteiger partial charge on any atom is -0.394 e. The van der Waals surface area contributed by atoms with Crippen molar-refractivity contribution in [2.75, 3.05) is 25.1 Å². The number of aryl methyl sites for hydroxylation is 1. The van der Waals surface area contributed by atoms with Gasteiger partial charge in [-0.2, -0.15) is 0 Å². The predicted octanol–water partition coefficient (Wildman–Crippen LogP) is 2.05. The molecular formula is C19H24N4O4S. The molecule has 0 unspecified atom stereocenters. The summed E-state index contributed by atoms with van der Waals surface area (Å²) >= 11 is 1.49. The maximum atomic E-state index is 12.4. The number of aliphatic hydroxyl groups excluding tert-OH is 1. The van der Waals surface area contributed by atoms with E-state index in [9.17, 15) is 14.7 Å². The van der Waals surface area contributed by atoms with Gasteiger partial charge in [0.1, 0.15) is 12.7 Å². The third-order valence-electron chi connectivity index (χ3n) is 4.64. The third-order valence-corrected chi connectivity index (χ3v) is 5.56. The number of hydrogen-bond donors (Lipinski definition) is 3. The second-order valence-electron chi connectivity index (χ2n) is 6.47. The summed E-state index contributed by atoms with van der Waals surface area (Å²) in [4.78, 5) is 30.9. The smallest absolute Gasteiger partial charge is 0.319 e. The molecule has 1 aliphatic rings. The lowest BCUT2D eigenvalue weighted by atomic mass is 9.99. The summed E-state index contributed by atoms with van der Waals surface area (Å²) < 4.78 is 5.76. The Balaban J connectivity index is 1.76. The number of anilines is 1. The van der Waals surface area contributed by atoms with E-state index < -0.39 is 12.1 Å². The van der Waals surface area contributed by atoms with Crippen LogP contribution >= 0.6 is 11.3 Å². The van der Waals surface area contributed by atoms with E-state index in [0.29, 0.717) is 18.8 Å². The molecule has 150 valence electrons. The number of nitrogens with one attached hydrogen (secondary N) is 2. The number of morpholine rings is 1. The number of thiazole rings is 1. The van der Waals surface area contributed by atoms with Crippen LogP contribution in [-0.4, -0.2) is 52.7 Å². The molecule has 0 saturated carbocycles. The predicted molar refractivity (Wildman–Crippen MR) is 106 cm³/mol. The summed E-state index contributed by atoms with van der Waals surface area (Å²) in [5.41, 5.74) is 4.12. The molecule has 28 heavy (non-hydrogen) atoms. The van der Waals surface area contributed by atoms with Gasteiger partial charge in [-0.05, 0) is 31.5 Å². The Morgan fingerprint density at radius 1 is 1.39 bits per heavy atom. The Labute approximate surface area is 167 Å². The highest BCUT2D eigenvalue weighted by atomic mass is 32.1. The van der Waals surface area contributed by atoms with Gasteiger partial charge < -0.3 is 25.4 Å². The van der Waals surface area contributed by atoms with E-state index in [2.05, 4.69) is 15.6 Å². The normalized spacial score (nSPS) is 19.5. The van der Waals surface area contributed by atoms with Crippen molar-refractivity contribution in [3.63, 3.8) is 0 Å². The molecular weight excluding hydrogens is 380 g/mol. The first-order valence-electron chi connectivity index (χ1n) is 9.09. The molecule has 0 radical (unpaired) electrons. The van der Waals surface area contributed by atoms with Gasteiger partial charge in [-0.25, -0.2) is 9.78 Å². The molecule has 0 spiro atoms. The Bertz CT molecular complexity index is 824. The maximum absolute atomic E-state index is 12.4. The van der Waals surface area contributed by atoms with Crippen LogP contribution in [0.25, 0.3) is 0 Å². The van der Waals surface area contributed by atoms with E-state index in [4.69, 9.17) is 4.74 Å². The number of nitrogens with zero attached hydrogens (tertiary/aromatic N) is 2. The van der Waals surface area contributed by atoms with Gasteiger partial charge in [0.2, 0.25) is 5.91 Å². The molecule has 1 aromatic carbocycles. The van der Waals surface area contributed by atoms with E-state index in [-0.39, 0.29) is 25.2 Å². The fraction of sp³-hybridized carbons (Fsp3) is 0.421. The molecule has 1 saturated heterocycles. The van der Waals surface area contributed by atoms with Gasteiger partial charge in [-0.3, -0.25) is 4.79 Å². The molecule has 2 heterocycles. The van der Waals surface area contributed by atoms with Crippen molar-refractivity contribution in [1.82, 2.24) is 15.2 Å². The minimum atomic E-state index is -0.495. The SMILES string of the molecule is CCNC(=O)Nc1ccc([C@H]2OCC(=O)N(Cc3scnc3C)[C@@H]2CO)cc1. The molecule has 1 aromatic heterocycles. The number of ether oxygens (including phenoxy) is 1. The number of benzene rings is 1. The summed E-state index contributed by atoms with van der Waals surface area (Å²) in [6.45, 7) is 4.44. The molecule has 1 fully saturated rings. The number of carbonyl (C=O) groups is 2. The topological polar surface area (TPSA) is 104 Å². The van der Waals surface area contributed by atoms with Crippen molar-refractivity contribution < 1.29 is 19.4 Å². The zero-order valence-electron chi connectivity index (χ0n) is 15.8. The van der Waals surface area contributed by atoms with Crippen LogP contribution in [0.3, 0.4) is 0 Å². The number of urea groups is 1. The van der Waals surface area contributed by atoms with Crippen molar-refractivity contribution in [1.29, 1.82) is 0 Å². The van der Waals surface area contributed by atoms with Gasteiger partial charge in [0.15, 0.2) is 0 Å². The summed E-state index contributed by atoms with van der Waals surface area (Å²) in [5, 5.41) is 15.4. The fourth-order valence-electron chi connectivity index (χ4n) is 3.15. The molecule has 1 aliphatic heterocycles. The van der Waals surface area contributed by atoms with Gasteiger partial charge >= 0.3 is 6.03 Å². The first kappa shape index (κ1) is 20.2. The zero-order valence-corrected chi connectivity index (χ0v) is 16.7. The van der Waals surface area contributed by atoms with Crippen LogP contribution in [0, 0.1) is 6.92 Å². The Kier molecular flexibility index (Phi) is 6.61. The number of carbonyl (C=O) groups excluding carboxylic acids is 2. The Hall–Kier alpha value is -2.49. The summed E-state index contributed by atoms with van der Waals surface area (Å²) in [7, 11) is 0. The molecule has 9 heteroatoms. The van der Waals surface area contributed by atoms with E-state index in [1.807, 2.05) is 26.0 Å². The highest BCUT2D eigenvalue weighted by molar-refractivity contribution is 7.09. The van der Waals surface area contributed by atoms with Crippen molar-refractivity contribution in [3.05, 3.63) is 45.9 Å². The van der Waals surface area contributed by atoms with Crippen molar-refractivity contribution in [2.24, 2.45) is 0 Å². The second kappa shape index (κ2) is 9.13. The maximum Gasteiger partial charge on any atom is 0.319 e. The largest absolute Gasteiger partial charge is 0.394 e. The molecule has 0 aliphatic carbocycles. The van der Waals surface area contributed by atoms with Crippen molar-refractivity contribution in [2.45, 2.75) is 32.5 Å². The van der Waals surface area contributed by atoms with Crippen LogP contribution < -0.4 is 10.6 Å². The molecule has 2 aromatic rings. The molecule has 2 atom stereocenters. The second-order valence-corrected chi connectivity index (χ2v) is 7.41. The van der Waals surface area contributed by atoms with E-state index in [0.717, 1.165) is 16.1 Å².